The molecular formula is C13H14N2O2. The Bertz CT molecular complexity index is 559. The summed E-state index contributed by atoms with van der Waals surface area (Å²) in [6.45, 7) is 3.99. The van der Waals surface area contributed by atoms with Crippen LogP contribution in [0, 0.1) is 13.8 Å². The number of hydrogen-bond donors (Lipinski definition) is 1. The van der Waals surface area contributed by atoms with E-state index in [1.165, 1.54) is 6.20 Å². The second-order valence-corrected chi connectivity index (χ2v) is 3.98. The standard InChI is InChI=1S/C13H14N2O2/c1-8-4-9(2)13(17-3)11(5-8)12-10(7-16)6-14-15-12/h4-7H,1-3H3,(H,14,15). The fraction of sp³-hybridized carbons (Fsp3) is 0.231. The summed E-state index contributed by atoms with van der Waals surface area (Å²) in [6.07, 6.45) is 2.30. The van der Waals surface area contributed by atoms with E-state index in [4.69, 9.17) is 4.74 Å². The number of aldehydes is 1. The van der Waals surface area contributed by atoms with Gasteiger partial charge in [0, 0.05) is 5.56 Å². The van der Waals surface area contributed by atoms with E-state index >= 15 is 0 Å². The minimum absolute atomic E-state index is 0.535. The largest absolute Gasteiger partial charge is 0.496 e. The molecule has 0 aliphatic carbocycles. The van der Waals surface area contributed by atoms with Crippen LogP contribution in [0.25, 0.3) is 11.3 Å². The Morgan fingerprint density at radius 1 is 1.35 bits per heavy atom. The molecule has 0 saturated carbocycles. The fourth-order valence-corrected chi connectivity index (χ4v) is 2.01. The number of hydrogen-bond acceptors (Lipinski definition) is 3. The number of aryl methyl sites for hydroxylation is 2. The van der Waals surface area contributed by atoms with Gasteiger partial charge in [-0.25, -0.2) is 0 Å². The highest BCUT2D eigenvalue weighted by Crippen LogP contribution is 2.34. The first kappa shape index (κ1) is 11.4. The predicted molar refractivity (Wildman–Crippen MR) is 65.4 cm³/mol. The highest BCUT2D eigenvalue weighted by Gasteiger charge is 2.14. The molecule has 1 heterocycles. The molecule has 1 N–H and O–H groups in total. The molecule has 4 heteroatoms. The number of aromatic nitrogens is 2. The first-order valence-corrected chi connectivity index (χ1v) is 5.31. The predicted octanol–water partition coefficient (Wildman–Crippen LogP) is 2.51. The monoisotopic (exact) mass is 230 g/mol. The molecule has 0 aliphatic rings. The van der Waals surface area contributed by atoms with Crippen LogP contribution in [0.5, 0.6) is 5.75 Å². The van der Waals surface area contributed by atoms with Crippen molar-refractivity contribution in [3.8, 4) is 17.0 Å². The van der Waals surface area contributed by atoms with Crippen molar-refractivity contribution in [1.82, 2.24) is 10.2 Å². The number of aromatic amines is 1. The van der Waals surface area contributed by atoms with Crippen molar-refractivity contribution in [2.24, 2.45) is 0 Å². The van der Waals surface area contributed by atoms with Crippen LogP contribution < -0.4 is 4.74 Å². The average molecular weight is 230 g/mol. The molecule has 0 aliphatic heterocycles. The van der Waals surface area contributed by atoms with Gasteiger partial charge < -0.3 is 4.74 Å². The Morgan fingerprint density at radius 3 is 2.76 bits per heavy atom. The summed E-state index contributed by atoms with van der Waals surface area (Å²) in [7, 11) is 1.62. The third-order valence-electron chi connectivity index (χ3n) is 2.69. The van der Waals surface area contributed by atoms with Crippen LogP contribution >= 0.6 is 0 Å². The van der Waals surface area contributed by atoms with Crippen LogP contribution in [0.15, 0.2) is 18.3 Å². The lowest BCUT2D eigenvalue weighted by atomic mass is 10.0. The second kappa shape index (κ2) is 4.41. The van der Waals surface area contributed by atoms with Crippen LogP contribution in [0.3, 0.4) is 0 Å². The molecule has 88 valence electrons. The number of rotatable bonds is 3. The number of ether oxygens (including phenoxy) is 1. The number of methoxy groups -OCH3 is 1. The first-order valence-electron chi connectivity index (χ1n) is 5.31. The van der Waals surface area contributed by atoms with Gasteiger partial charge in [0.1, 0.15) is 5.75 Å². The van der Waals surface area contributed by atoms with Gasteiger partial charge in [-0.15, -0.1) is 0 Å². The molecule has 0 bridgehead atoms. The summed E-state index contributed by atoms with van der Waals surface area (Å²) in [5, 5.41) is 6.73. The molecule has 1 aromatic carbocycles. The van der Waals surface area contributed by atoms with Gasteiger partial charge in [-0.3, -0.25) is 9.89 Å². The average Bonchev–Trinajstić information content (AvgIpc) is 2.75. The van der Waals surface area contributed by atoms with E-state index < -0.39 is 0 Å². The van der Waals surface area contributed by atoms with Crippen molar-refractivity contribution < 1.29 is 9.53 Å². The van der Waals surface area contributed by atoms with E-state index in [9.17, 15) is 4.79 Å². The van der Waals surface area contributed by atoms with Gasteiger partial charge in [-0.2, -0.15) is 5.10 Å². The Balaban J connectivity index is 2.70. The highest BCUT2D eigenvalue weighted by molar-refractivity contribution is 5.87. The lowest BCUT2D eigenvalue weighted by Crippen LogP contribution is -1.94. The SMILES string of the molecule is COc1c(C)cc(C)cc1-c1[nH]ncc1C=O. The molecule has 0 atom stereocenters. The topological polar surface area (TPSA) is 55.0 Å². The van der Waals surface area contributed by atoms with Crippen LogP contribution in [0.4, 0.5) is 0 Å². The van der Waals surface area contributed by atoms with Gasteiger partial charge in [0.2, 0.25) is 0 Å². The molecule has 2 rings (SSSR count). The fourth-order valence-electron chi connectivity index (χ4n) is 2.01. The summed E-state index contributed by atoms with van der Waals surface area (Å²) >= 11 is 0. The zero-order valence-corrected chi connectivity index (χ0v) is 10.1. The number of benzene rings is 1. The van der Waals surface area contributed by atoms with Gasteiger partial charge in [-0.05, 0) is 31.0 Å². The van der Waals surface area contributed by atoms with Gasteiger partial charge >= 0.3 is 0 Å². The van der Waals surface area contributed by atoms with Crippen molar-refractivity contribution >= 4 is 6.29 Å². The summed E-state index contributed by atoms with van der Waals surface area (Å²) in [4.78, 5) is 10.9. The normalized spacial score (nSPS) is 10.3. The van der Waals surface area contributed by atoms with Crippen LogP contribution in [-0.2, 0) is 0 Å². The van der Waals surface area contributed by atoms with Gasteiger partial charge in [0.05, 0.1) is 24.6 Å². The van der Waals surface area contributed by atoms with E-state index in [2.05, 4.69) is 10.2 Å². The maximum absolute atomic E-state index is 10.9. The molecule has 17 heavy (non-hydrogen) atoms. The quantitative estimate of drug-likeness (QED) is 0.824. The summed E-state index contributed by atoms with van der Waals surface area (Å²) in [5.74, 6) is 0.767. The third kappa shape index (κ3) is 1.93. The maximum Gasteiger partial charge on any atom is 0.153 e. The Kier molecular flexibility index (Phi) is 2.95. The highest BCUT2D eigenvalue weighted by atomic mass is 16.5. The molecule has 0 fully saturated rings. The molecular weight excluding hydrogens is 216 g/mol. The molecule has 4 nitrogen and oxygen atoms in total. The van der Waals surface area contributed by atoms with Crippen molar-refractivity contribution in [2.75, 3.05) is 7.11 Å². The van der Waals surface area contributed by atoms with Crippen molar-refractivity contribution in [3.05, 3.63) is 35.0 Å². The lowest BCUT2D eigenvalue weighted by molar-refractivity contribution is 0.112. The van der Waals surface area contributed by atoms with Gasteiger partial charge in [-0.1, -0.05) is 6.07 Å². The van der Waals surface area contributed by atoms with Crippen LogP contribution in [0.1, 0.15) is 21.5 Å². The molecule has 0 saturated heterocycles. The Labute approximate surface area is 99.6 Å². The van der Waals surface area contributed by atoms with E-state index in [0.29, 0.717) is 11.3 Å². The molecule has 2 aromatic rings. The van der Waals surface area contributed by atoms with Crippen LogP contribution in [-0.4, -0.2) is 23.6 Å². The van der Waals surface area contributed by atoms with Gasteiger partial charge in [0.15, 0.2) is 6.29 Å². The number of carbonyl (C=O) groups is 1. The van der Waals surface area contributed by atoms with Gasteiger partial charge in [0.25, 0.3) is 0 Å². The number of nitrogens with one attached hydrogen (secondary N) is 1. The first-order chi connectivity index (χ1) is 8.17. The number of carbonyl (C=O) groups excluding carboxylic acids is 1. The molecule has 0 unspecified atom stereocenters. The minimum Gasteiger partial charge on any atom is -0.496 e. The van der Waals surface area contributed by atoms with Crippen molar-refractivity contribution in [2.45, 2.75) is 13.8 Å². The van der Waals surface area contributed by atoms with Crippen molar-refractivity contribution in [1.29, 1.82) is 0 Å². The molecule has 0 radical (unpaired) electrons. The zero-order valence-electron chi connectivity index (χ0n) is 10.1. The van der Waals surface area contributed by atoms with E-state index in [-0.39, 0.29) is 0 Å². The molecule has 0 amide bonds. The zero-order chi connectivity index (χ0) is 12.4. The minimum atomic E-state index is 0.535. The smallest absolute Gasteiger partial charge is 0.153 e. The lowest BCUT2D eigenvalue weighted by Gasteiger charge is -2.12. The number of H-pyrrole nitrogens is 1. The van der Waals surface area contributed by atoms with E-state index in [1.54, 1.807) is 7.11 Å². The number of nitrogens with zero attached hydrogens (tertiary/aromatic N) is 1. The summed E-state index contributed by atoms with van der Waals surface area (Å²) < 4.78 is 5.39. The van der Waals surface area contributed by atoms with E-state index in [1.807, 2.05) is 26.0 Å². The maximum atomic E-state index is 10.9. The Hall–Kier alpha value is -2.10. The molecule has 0 spiro atoms. The third-order valence-corrected chi connectivity index (χ3v) is 2.69. The summed E-state index contributed by atoms with van der Waals surface area (Å²) in [6, 6.07) is 4.02. The Morgan fingerprint density at radius 2 is 2.12 bits per heavy atom. The second-order valence-electron chi connectivity index (χ2n) is 3.98. The van der Waals surface area contributed by atoms with Crippen molar-refractivity contribution in [3.63, 3.8) is 0 Å². The van der Waals surface area contributed by atoms with Crippen LogP contribution in [0.2, 0.25) is 0 Å². The molecule has 1 aromatic heterocycles. The van der Waals surface area contributed by atoms with E-state index in [0.717, 1.165) is 28.7 Å². The summed E-state index contributed by atoms with van der Waals surface area (Å²) in [5.41, 5.74) is 4.25.